The van der Waals surface area contributed by atoms with Crippen LogP contribution in [0.4, 0.5) is 10.3 Å². The highest BCUT2D eigenvalue weighted by atomic mass is 32.2. The molecule has 1 aromatic carbocycles. The summed E-state index contributed by atoms with van der Waals surface area (Å²) in [7, 11) is -3.01. The number of halogens is 1. The van der Waals surface area contributed by atoms with Crippen LogP contribution < -0.4 is 5.32 Å². The minimum absolute atomic E-state index is 0.0390. The number of hydrogen-bond acceptors (Lipinski definition) is 5. The summed E-state index contributed by atoms with van der Waals surface area (Å²) in [4.78, 5) is 11.9. The smallest absolute Gasteiger partial charge is 0.231 e. The molecule has 0 bridgehead atoms. The first-order valence-electron chi connectivity index (χ1n) is 7.15. The molecule has 6 nitrogen and oxygen atoms in total. The summed E-state index contributed by atoms with van der Waals surface area (Å²) in [6.45, 7) is 0. The van der Waals surface area contributed by atoms with E-state index < -0.39 is 15.7 Å². The summed E-state index contributed by atoms with van der Waals surface area (Å²) in [6, 6.07) is 7.54. The van der Waals surface area contributed by atoms with E-state index in [4.69, 9.17) is 4.52 Å². The van der Waals surface area contributed by atoms with E-state index in [2.05, 4.69) is 10.5 Å². The lowest BCUT2D eigenvalue weighted by molar-refractivity contribution is -0.117. The Labute approximate surface area is 132 Å². The molecule has 1 fully saturated rings. The summed E-state index contributed by atoms with van der Waals surface area (Å²) in [6.07, 6.45) is 0.599. The Morgan fingerprint density at radius 1 is 1.39 bits per heavy atom. The molecule has 3 rings (SSSR count). The predicted octanol–water partition coefficient (Wildman–Crippen LogP) is 2.24. The Morgan fingerprint density at radius 3 is 2.87 bits per heavy atom. The van der Waals surface area contributed by atoms with Crippen molar-refractivity contribution in [2.75, 3.05) is 16.8 Å². The van der Waals surface area contributed by atoms with Crippen LogP contribution in [0.15, 0.2) is 34.9 Å². The number of hydrogen-bond donors (Lipinski definition) is 1. The van der Waals surface area contributed by atoms with Crippen molar-refractivity contribution in [2.45, 2.75) is 12.8 Å². The number of amides is 1. The van der Waals surface area contributed by atoms with E-state index >= 15 is 0 Å². The molecule has 1 atom stereocenters. The highest BCUT2D eigenvalue weighted by Crippen LogP contribution is 2.25. The molecule has 8 heteroatoms. The lowest BCUT2D eigenvalue weighted by atomic mass is 10.1. The number of nitrogens with zero attached hydrogens (tertiary/aromatic N) is 1. The van der Waals surface area contributed by atoms with E-state index in [1.807, 2.05) is 0 Å². The van der Waals surface area contributed by atoms with Crippen LogP contribution in [0.2, 0.25) is 0 Å². The van der Waals surface area contributed by atoms with Crippen LogP contribution in [0.3, 0.4) is 0 Å². The van der Waals surface area contributed by atoms with Crippen LogP contribution in [0.25, 0.3) is 11.3 Å². The molecule has 1 aliphatic heterocycles. The predicted molar refractivity (Wildman–Crippen MR) is 81.9 cm³/mol. The number of carbonyl (C=O) groups is 1. The number of sulfone groups is 1. The molecular weight excluding hydrogens is 323 g/mol. The van der Waals surface area contributed by atoms with E-state index in [1.165, 1.54) is 12.1 Å². The normalized spacial score (nSPS) is 19.6. The Balaban J connectivity index is 1.63. The minimum atomic E-state index is -3.01. The highest BCUT2D eigenvalue weighted by Gasteiger charge is 2.29. The van der Waals surface area contributed by atoms with Crippen LogP contribution >= 0.6 is 0 Å². The molecule has 1 amide bonds. The Hall–Kier alpha value is -2.22. The standard InChI is InChI=1S/C15H15FN2O4S/c16-12-4-2-1-3-11(12)13-8-15(22-18-13)17-14(19)7-10-5-6-23(20,21)9-10/h1-4,8,10H,5-7,9H2,(H,17,19)/t10-/m0/s1. The van der Waals surface area contributed by atoms with Crippen molar-refractivity contribution in [1.29, 1.82) is 0 Å². The molecular formula is C15H15FN2O4S. The van der Waals surface area contributed by atoms with Crippen molar-refractivity contribution in [3.63, 3.8) is 0 Å². The van der Waals surface area contributed by atoms with Crippen LogP contribution in [-0.4, -0.2) is 31.0 Å². The molecule has 0 aliphatic carbocycles. The van der Waals surface area contributed by atoms with Crippen LogP contribution in [0.1, 0.15) is 12.8 Å². The fourth-order valence-corrected chi connectivity index (χ4v) is 4.48. The number of aromatic nitrogens is 1. The summed E-state index contributed by atoms with van der Waals surface area (Å²) in [5.41, 5.74) is 0.556. The van der Waals surface area contributed by atoms with Crippen molar-refractivity contribution in [2.24, 2.45) is 5.92 Å². The van der Waals surface area contributed by atoms with E-state index in [-0.39, 0.29) is 46.9 Å². The average molecular weight is 338 g/mol. The topological polar surface area (TPSA) is 89.3 Å². The van der Waals surface area contributed by atoms with Gasteiger partial charge in [0.25, 0.3) is 0 Å². The van der Waals surface area contributed by atoms with E-state index in [9.17, 15) is 17.6 Å². The Morgan fingerprint density at radius 2 is 2.17 bits per heavy atom. The van der Waals surface area contributed by atoms with Gasteiger partial charge in [0.1, 0.15) is 11.5 Å². The number of rotatable bonds is 4. The summed E-state index contributed by atoms with van der Waals surface area (Å²) < 4.78 is 41.4. The van der Waals surface area contributed by atoms with E-state index in [1.54, 1.807) is 18.2 Å². The second-order valence-corrected chi connectivity index (χ2v) is 7.81. The zero-order valence-electron chi connectivity index (χ0n) is 12.2. The highest BCUT2D eigenvalue weighted by molar-refractivity contribution is 7.91. The molecule has 0 radical (unpaired) electrons. The van der Waals surface area contributed by atoms with Gasteiger partial charge >= 0.3 is 0 Å². The summed E-state index contributed by atoms with van der Waals surface area (Å²) in [5.74, 6) is -0.677. The maximum Gasteiger partial charge on any atom is 0.231 e. The Bertz CT molecular complexity index is 832. The second-order valence-electron chi connectivity index (χ2n) is 5.58. The average Bonchev–Trinajstić information content (AvgIpc) is 3.06. The largest absolute Gasteiger partial charge is 0.338 e. The molecule has 2 heterocycles. The first-order chi connectivity index (χ1) is 10.9. The number of carbonyl (C=O) groups excluding carboxylic acids is 1. The number of anilines is 1. The van der Waals surface area contributed by atoms with Crippen molar-refractivity contribution < 1.29 is 22.1 Å². The molecule has 1 saturated heterocycles. The van der Waals surface area contributed by atoms with Gasteiger partial charge in [0.05, 0.1) is 11.5 Å². The van der Waals surface area contributed by atoms with Crippen molar-refractivity contribution in [3.8, 4) is 11.3 Å². The van der Waals surface area contributed by atoms with Crippen molar-refractivity contribution in [1.82, 2.24) is 5.16 Å². The van der Waals surface area contributed by atoms with E-state index in [0.29, 0.717) is 6.42 Å². The van der Waals surface area contributed by atoms with Crippen molar-refractivity contribution in [3.05, 3.63) is 36.1 Å². The molecule has 0 unspecified atom stereocenters. The third kappa shape index (κ3) is 3.76. The molecule has 2 aromatic rings. The SMILES string of the molecule is O=C(C[C@@H]1CCS(=O)(=O)C1)Nc1cc(-c2ccccc2F)no1. The third-order valence-corrected chi connectivity index (χ3v) is 5.56. The molecule has 0 saturated carbocycles. The van der Waals surface area contributed by atoms with Gasteiger partial charge in [0.15, 0.2) is 9.84 Å². The van der Waals surface area contributed by atoms with Gasteiger partial charge in [-0.3, -0.25) is 10.1 Å². The lowest BCUT2D eigenvalue weighted by Crippen LogP contribution is -2.17. The van der Waals surface area contributed by atoms with Gasteiger partial charge in [-0.2, -0.15) is 0 Å². The van der Waals surface area contributed by atoms with Gasteiger partial charge in [-0.05, 0) is 24.5 Å². The second kappa shape index (κ2) is 6.11. The van der Waals surface area contributed by atoms with Crippen LogP contribution in [-0.2, 0) is 14.6 Å². The molecule has 23 heavy (non-hydrogen) atoms. The van der Waals surface area contributed by atoms with Gasteiger partial charge in [-0.1, -0.05) is 17.3 Å². The first-order valence-corrected chi connectivity index (χ1v) is 8.97. The molecule has 1 N–H and O–H groups in total. The Kier molecular flexibility index (Phi) is 4.16. The monoisotopic (exact) mass is 338 g/mol. The zero-order chi connectivity index (χ0) is 16.4. The zero-order valence-corrected chi connectivity index (χ0v) is 13.0. The summed E-state index contributed by atoms with van der Waals surface area (Å²) >= 11 is 0. The van der Waals surface area contributed by atoms with E-state index in [0.717, 1.165) is 0 Å². The maximum absolute atomic E-state index is 13.7. The number of benzene rings is 1. The van der Waals surface area contributed by atoms with Gasteiger partial charge in [0.2, 0.25) is 11.8 Å². The molecule has 1 aromatic heterocycles. The molecule has 1 aliphatic rings. The van der Waals surface area contributed by atoms with Gasteiger partial charge in [-0.25, -0.2) is 12.8 Å². The summed E-state index contributed by atoms with van der Waals surface area (Å²) in [5, 5.41) is 6.25. The third-order valence-electron chi connectivity index (χ3n) is 3.72. The minimum Gasteiger partial charge on any atom is -0.338 e. The fraction of sp³-hybridized carbons (Fsp3) is 0.333. The van der Waals surface area contributed by atoms with Crippen molar-refractivity contribution >= 4 is 21.6 Å². The van der Waals surface area contributed by atoms with Gasteiger partial charge in [-0.15, -0.1) is 0 Å². The van der Waals surface area contributed by atoms with Crippen LogP contribution in [0, 0.1) is 11.7 Å². The fourth-order valence-electron chi connectivity index (χ4n) is 2.61. The quantitative estimate of drug-likeness (QED) is 0.923. The van der Waals surface area contributed by atoms with Gasteiger partial charge < -0.3 is 4.52 Å². The molecule has 0 spiro atoms. The maximum atomic E-state index is 13.7. The van der Waals surface area contributed by atoms with Crippen LogP contribution in [0.5, 0.6) is 0 Å². The number of nitrogens with one attached hydrogen (secondary N) is 1. The first kappa shape index (κ1) is 15.7. The molecule has 122 valence electrons. The lowest BCUT2D eigenvalue weighted by Gasteiger charge is -2.05. The van der Waals surface area contributed by atoms with Gasteiger partial charge in [0, 0.05) is 18.1 Å².